The molecule has 0 bridgehead atoms. The molecular weight excluding hydrogens is 172 g/mol. The van der Waals surface area contributed by atoms with Crippen LogP contribution in [0.2, 0.25) is 0 Å². The van der Waals surface area contributed by atoms with Crippen LogP contribution in [0.3, 0.4) is 0 Å². The number of ether oxygens (including phenoxy) is 1. The van der Waals surface area contributed by atoms with Gasteiger partial charge < -0.3 is 4.74 Å². The van der Waals surface area contributed by atoms with Gasteiger partial charge in [0, 0.05) is 0 Å². The summed E-state index contributed by atoms with van der Waals surface area (Å²) in [6, 6.07) is 0. The number of hydrogen-bond acceptors (Lipinski definition) is 1. The van der Waals surface area contributed by atoms with Crippen molar-refractivity contribution in [3.63, 3.8) is 0 Å². The minimum atomic E-state index is -0.139. The van der Waals surface area contributed by atoms with Crippen LogP contribution in [0.5, 0.6) is 0 Å². The van der Waals surface area contributed by atoms with Crippen molar-refractivity contribution in [2.45, 2.75) is 32.8 Å². The van der Waals surface area contributed by atoms with Crippen LogP contribution in [0.25, 0.3) is 0 Å². The lowest BCUT2D eigenvalue weighted by molar-refractivity contribution is 0.0653. The molecule has 0 amide bonds. The molecule has 1 nitrogen and oxygen atoms in total. The van der Waals surface area contributed by atoms with Gasteiger partial charge in [0.25, 0.3) is 0 Å². The fourth-order valence-electron chi connectivity index (χ4n) is 2.63. The Balaban J connectivity index is 2.10. The first-order valence-corrected chi connectivity index (χ1v) is 5.21. The summed E-state index contributed by atoms with van der Waals surface area (Å²) in [5.74, 6) is 1.56. The molecular formula is C13H18O. The van der Waals surface area contributed by atoms with E-state index in [0.717, 1.165) is 18.3 Å². The lowest BCUT2D eigenvalue weighted by Crippen LogP contribution is -2.26. The monoisotopic (exact) mass is 190 g/mol. The van der Waals surface area contributed by atoms with Gasteiger partial charge in [-0.15, -0.1) is 0 Å². The first-order valence-electron chi connectivity index (χ1n) is 5.21. The summed E-state index contributed by atoms with van der Waals surface area (Å²) in [6.07, 6.45) is 7.18. The van der Waals surface area contributed by atoms with Gasteiger partial charge in [-0.25, -0.2) is 0 Å². The Morgan fingerprint density at radius 3 is 2.79 bits per heavy atom. The van der Waals surface area contributed by atoms with Gasteiger partial charge in [0.1, 0.15) is 11.9 Å². The highest BCUT2D eigenvalue weighted by Crippen LogP contribution is 2.64. The molecule has 0 aromatic heterocycles. The highest BCUT2D eigenvalue weighted by Gasteiger charge is 2.59. The van der Waals surface area contributed by atoms with E-state index in [1.165, 1.54) is 0 Å². The number of fused-ring (bicyclic) bond motifs is 1. The first-order chi connectivity index (χ1) is 6.49. The van der Waals surface area contributed by atoms with Gasteiger partial charge in [0.15, 0.2) is 0 Å². The maximum Gasteiger partial charge on any atom is 0.126 e. The summed E-state index contributed by atoms with van der Waals surface area (Å²) < 4.78 is 5.62. The van der Waals surface area contributed by atoms with E-state index in [2.05, 4.69) is 45.2 Å². The standard InChI is InChI=1S/C13H18O/c1-5-8-14-13(4)7-6-10-11(9-13)12(10,2)3/h6-8,10-11H,1,9H2,2-4H3/t10-,11-,13-/m0/s1. The average Bonchev–Trinajstić information content (AvgIpc) is 2.65. The molecule has 0 aromatic rings. The molecule has 2 aliphatic rings. The normalized spacial score (nSPS) is 42.2. The molecule has 0 spiro atoms. The number of allylic oxidation sites excluding steroid dienone is 1. The second kappa shape index (κ2) is 2.77. The molecule has 0 saturated heterocycles. The molecule has 2 rings (SSSR count). The SMILES string of the molecule is C=C=CO[C@@]1(C)C=C[C@H]2[C@H](C1)C2(C)C. The van der Waals surface area contributed by atoms with Crippen molar-refractivity contribution in [1.82, 2.24) is 0 Å². The fourth-order valence-corrected chi connectivity index (χ4v) is 2.63. The van der Waals surface area contributed by atoms with Crippen molar-refractivity contribution < 1.29 is 4.74 Å². The molecule has 0 N–H and O–H groups in total. The lowest BCUT2D eigenvalue weighted by atomic mass is 9.92. The van der Waals surface area contributed by atoms with Crippen LogP contribution in [0.1, 0.15) is 27.2 Å². The van der Waals surface area contributed by atoms with Crippen LogP contribution in [-0.4, -0.2) is 5.60 Å². The third-order valence-corrected chi connectivity index (χ3v) is 3.83. The molecule has 0 aromatic carbocycles. The van der Waals surface area contributed by atoms with Crippen molar-refractivity contribution >= 4 is 0 Å². The minimum Gasteiger partial charge on any atom is -0.483 e. The second-order valence-corrected chi connectivity index (χ2v) is 5.27. The van der Waals surface area contributed by atoms with Crippen LogP contribution >= 0.6 is 0 Å². The lowest BCUT2D eigenvalue weighted by Gasteiger charge is -2.27. The molecule has 0 aliphatic heterocycles. The predicted molar refractivity (Wildman–Crippen MR) is 57.7 cm³/mol. The van der Waals surface area contributed by atoms with E-state index in [9.17, 15) is 0 Å². The van der Waals surface area contributed by atoms with Crippen molar-refractivity contribution in [3.8, 4) is 0 Å². The molecule has 1 heteroatoms. The third-order valence-electron chi connectivity index (χ3n) is 3.83. The van der Waals surface area contributed by atoms with E-state index in [1.54, 1.807) is 6.26 Å². The van der Waals surface area contributed by atoms with Crippen LogP contribution in [0.4, 0.5) is 0 Å². The largest absolute Gasteiger partial charge is 0.483 e. The first kappa shape index (κ1) is 9.61. The van der Waals surface area contributed by atoms with Crippen LogP contribution in [0, 0.1) is 17.3 Å². The fraction of sp³-hybridized carbons (Fsp3) is 0.615. The summed E-state index contributed by atoms with van der Waals surface area (Å²) in [7, 11) is 0. The molecule has 1 fully saturated rings. The van der Waals surface area contributed by atoms with Gasteiger partial charge in [-0.2, -0.15) is 0 Å². The molecule has 0 unspecified atom stereocenters. The minimum absolute atomic E-state index is 0.139. The van der Waals surface area contributed by atoms with Gasteiger partial charge >= 0.3 is 0 Å². The van der Waals surface area contributed by atoms with Gasteiger partial charge in [0.2, 0.25) is 0 Å². The van der Waals surface area contributed by atoms with Crippen molar-refractivity contribution in [2.24, 2.45) is 17.3 Å². The maximum absolute atomic E-state index is 5.62. The van der Waals surface area contributed by atoms with E-state index in [-0.39, 0.29) is 5.60 Å². The Labute approximate surface area is 86.2 Å². The van der Waals surface area contributed by atoms with Gasteiger partial charge in [-0.3, -0.25) is 0 Å². The summed E-state index contributed by atoms with van der Waals surface area (Å²) in [6.45, 7) is 10.3. The molecule has 0 heterocycles. The highest BCUT2D eigenvalue weighted by atomic mass is 16.5. The Hall–Kier alpha value is -0.940. The molecule has 2 aliphatic carbocycles. The summed E-state index contributed by atoms with van der Waals surface area (Å²) in [4.78, 5) is 0. The highest BCUT2D eigenvalue weighted by molar-refractivity contribution is 5.23. The van der Waals surface area contributed by atoms with Crippen molar-refractivity contribution in [1.29, 1.82) is 0 Å². The van der Waals surface area contributed by atoms with E-state index < -0.39 is 0 Å². The van der Waals surface area contributed by atoms with E-state index in [4.69, 9.17) is 4.74 Å². The van der Waals surface area contributed by atoms with Gasteiger partial charge in [0.05, 0.1) is 0 Å². The van der Waals surface area contributed by atoms with E-state index in [1.807, 2.05) is 0 Å². The van der Waals surface area contributed by atoms with E-state index >= 15 is 0 Å². The molecule has 3 atom stereocenters. The summed E-state index contributed by atoms with van der Waals surface area (Å²) in [5, 5.41) is 0. The van der Waals surface area contributed by atoms with Crippen LogP contribution < -0.4 is 0 Å². The zero-order valence-electron chi connectivity index (χ0n) is 9.21. The predicted octanol–water partition coefficient (Wildman–Crippen LogP) is 3.29. The second-order valence-electron chi connectivity index (χ2n) is 5.27. The van der Waals surface area contributed by atoms with Crippen LogP contribution in [-0.2, 0) is 4.74 Å². The van der Waals surface area contributed by atoms with E-state index in [0.29, 0.717) is 5.41 Å². The van der Waals surface area contributed by atoms with Gasteiger partial charge in [-0.1, -0.05) is 32.2 Å². The van der Waals surface area contributed by atoms with Crippen LogP contribution in [0.15, 0.2) is 30.7 Å². The zero-order chi connectivity index (χ0) is 10.4. The molecule has 0 radical (unpaired) electrons. The molecule has 76 valence electrons. The number of rotatable bonds is 2. The molecule has 14 heavy (non-hydrogen) atoms. The topological polar surface area (TPSA) is 9.23 Å². The Morgan fingerprint density at radius 2 is 2.21 bits per heavy atom. The quantitative estimate of drug-likeness (QED) is 0.369. The Morgan fingerprint density at radius 1 is 1.50 bits per heavy atom. The van der Waals surface area contributed by atoms with Gasteiger partial charge in [-0.05, 0) is 36.7 Å². The Bertz CT molecular complexity index is 320. The smallest absolute Gasteiger partial charge is 0.126 e. The van der Waals surface area contributed by atoms with Crippen molar-refractivity contribution in [2.75, 3.05) is 0 Å². The summed E-state index contributed by atoms with van der Waals surface area (Å²) in [5.41, 5.74) is 3.00. The number of hydrogen-bond donors (Lipinski definition) is 0. The summed E-state index contributed by atoms with van der Waals surface area (Å²) >= 11 is 0. The average molecular weight is 190 g/mol. The molecule has 1 saturated carbocycles. The Kier molecular flexibility index (Phi) is 1.90. The zero-order valence-corrected chi connectivity index (χ0v) is 9.21. The third kappa shape index (κ3) is 1.33. The van der Waals surface area contributed by atoms with Crippen molar-refractivity contribution in [3.05, 3.63) is 30.7 Å². The maximum atomic E-state index is 5.62.